The van der Waals surface area contributed by atoms with E-state index in [4.69, 9.17) is 9.47 Å². The van der Waals surface area contributed by atoms with E-state index in [9.17, 15) is 9.59 Å². The Kier molecular flexibility index (Phi) is 8.58. The zero-order valence-corrected chi connectivity index (χ0v) is 21.2. The van der Waals surface area contributed by atoms with Crippen LogP contribution in [0.1, 0.15) is 36.0 Å². The average Bonchev–Trinajstić information content (AvgIpc) is 3.05. The molecule has 1 fully saturated rings. The summed E-state index contributed by atoms with van der Waals surface area (Å²) < 4.78 is 12.7. The van der Waals surface area contributed by atoms with Gasteiger partial charge >= 0.3 is 0 Å². The lowest BCUT2D eigenvalue weighted by Gasteiger charge is -2.19. The Labute approximate surface area is 210 Å². The number of thioether (sulfide) groups is 1. The van der Waals surface area contributed by atoms with Crippen molar-refractivity contribution in [3.8, 4) is 11.5 Å². The second-order valence-electron chi connectivity index (χ2n) is 8.61. The number of methoxy groups -OCH3 is 2. The van der Waals surface area contributed by atoms with Crippen LogP contribution >= 0.6 is 11.8 Å². The predicted molar refractivity (Wildman–Crippen MR) is 140 cm³/mol. The number of nitrogens with zero attached hydrogens (tertiary/aromatic N) is 2. The quantitative estimate of drug-likeness (QED) is 0.440. The van der Waals surface area contributed by atoms with Gasteiger partial charge in [-0.2, -0.15) is 0 Å². The van der Waals surface area contributed by atoms with Gasteiger partial charge < -0.3 is 24.3 Å². The molecule has 1 aliphatic rings. The number of carbonyl (C=O) groups excluding carboxylic acids is 2. The van der Waals surface area contributed by atoms with Crippen LogP contribution in [0.4, 0.5) is 0 Å². The van der Waals surface area contributed by atoms with E-state index in [1.54, 1.807) is 44.2 Å². The summed E-state index contributed by atoms with van der Waals surface area (Å²) in [5.41, 5.74) is 1.61. The molecule has 2 aromatic carbocycles. The number of rotatable bonds is 9. The van der Waals surface area contributed by atoms with E-state index in [1.807, 2.05) is 17.0 Å². The molecular weight excluding hydrogens is 462 g/mol. The molecule has 3 aromatic rings. The van der Waals surface area contributed by atoms with Crippen LogP contribution in [0.5, 0.6) is 11.5 Å². The van der Waals surface area contributed by atoms with Crippen molar-refractivity contribution in [1.29, 1.82) is 0 Å². The van der Waals surface area contributed by atoms with Gasteiger partial charge in [0, 0.05) is 53.7 Å². The fraction of sp³-hybridized carbons (Fsp3) is 0.407. The topological polar surface area (TPSA) is 72.8 Å². The minimum atomic E-state index is -0.167. The molecule has 2 amide bonds. The lowest BCUT2D eigenvalue weighted by Crippen LogP contribution is -2.33. The number of nitrogens with one attached hydrogen (secondary N) is 1. The van der Waals surface area contributed by atoms with Crippen molar-refractivity contribution >= 4 is 34.5 Å². The van der Waals surface area contributed by atoms with E-state index in [0.717, 1.165) is 41.7 Å². The van der Waals surface area contributed by atoms with Crippen molar-refractivity contribution in [3.05, 3.63) is 54.2 Å². The maximum absolute atomic E-state index is 12.8. The monoisotopic (exact) mass is 495 g/mol. The zero-order valence-electron chi connectivity index (χ0n) is 20.4. The third-order valence-electron chi connectivity index (χ3n) is 6.35. The smallest absolute Gasteiger partial charge is 0.251 e. The van der Waals surface area contributed by atoms with E-state index in [1.165, 1.54) is 12.8 Å². The highest BCUT2D eigenvalue weighted by Crippen LogP contribution is 2.30. The van der Waals surface area contributed by atoms with Gasteiger partial charge in [0.1, 0.15) is 0 Å². The zero-order chi connectivity index (χ0) is 24.6. The number of benzene rings is 2. The molecule has 7 nitrogen and oxygen atoms in total. The SMILES string of the molecule is COc1ccc(C(=O)NCCn2cc(SCC(=O)N3CCCCCC3)c3ccccc32)cc1OC. The van der Waals surface area contributed by atoms with Gasteiger partial charge in [0.25, 0.3) is 5.91 Å². The first kappa shape index (κ1) is 25.0. The molecule has 0 atom stereocenters. The summed E-state index contributed by atoms with van der Waals surface area (Å²) >= 11 is 1.60. The lowest BCUT2D eigenvalue weighted by molar-refractivity contribution is -0.128. The van der Waals surface area contributed by atoms with Gasteiger partial charge in [-0.3, -0.25) is 9.59 Å². The Morgan fingerprint density at radius 2 is 1.71 bits per heavy atom. The molecule has 35 heavy (non-hydrogen) atoms. The number of fused-ring (bicyclic) bond motifs is 1. The van der Waals surface area contributed by atoms with Crippen LogP contribution in [0.2, 0.25) is 0 Å². The Morgan fingerprint density at radius 3 is 2.46 bits per heavy atom. The summed E-state index contributed by atoms with van der Waals surface area (Å²) in [6.45, 7) is 2.85. The molecule has 0 spiro atoms. The van der Waals surface area contributed by atoms with Crippen molar-refractivity contribution in [2.45, 2.75) is 37.1 Å². The van der Waals surface area contributed by atoms with Gasteiger partial charge in [-0.05, 0) is 37.1 Å². The van der Waals surface area contributed by atoms with Crippen molar-refractivity contribution in [2.75, 3.05) is 39.6 Å². The number of amides is 2. The van der Waals surface area contributed by atoms with Gasteiger partial charge in [0.15, 0.2) is 11.5 Å². The number of likely N-dealkylation sites (tertiary alicyclic amines) is 1. The van der Waals surface area contributed by atoms with Crippen molar-refractivity contribution < 1.29 is 19.1 Å². The highest BCUT2D eigenvalue weighted by atomic mass is 32.2. The first-order valence-corrected chi connectivity index (χ1v) is 13.1. The minimum absolute atomic E-state index is 0.167. The average molecular weight is 496 g/mol. The molecule has 1 N–H and O–H groups in total. The summed E-state index contributed by atoms with van der Waals surface area (Å²) in [5.74, 6) is 1.61. The summed E-state index contributed by atoms with van der Waals surface area (Å²) in [6, 6.07) is 13.3. The summed E-state index contributed by atoms with van der Waals surface area (Å²) in [4.78, 5) is 28.5. The predicted octanol–water partition coefficient (Wildman–Crippen LogP) is 4.58. The fourth-order valence-corrected chi connectivity index (χ4v) is 5.42. The number of ether oxygens (including phenoxy) is 2. The number of carbonyl (C=O) groups is 2. The fourth-order valence-electron chi connectivity index (χ4n) is 4.43. The second kappa shape index (κ2) is 12.0. The summed E-state index contributed by atoms with van der Waals surface area (Å²) in [7, 11) is 3.12. The molecule has 8 heteroatoms. The highest BCUT2D eigenvalue weighted by molar-refractivity contribution is 8.00. The van der Waals surface area contributed by atoms with Crippen molar-refractivity contribution in [2.24, 2.45) is 0 Å². The normalized spacial score (nSPS) is 13.9. The molecule has 0 aliphatic carbocycles. The molecule has 0 radical (unpaired) electrons. The van der Waals surface area contributed by atoms with E-state index >= 15 is 0 Å². The summed E-state index contributed by atoms with van der Waals surface area (Å²) in [5, 5.41) is 4.12. The van der Waals surface area contributed by atoms with E-state index < -0.39 is 0 Å². The number of hydrogen-bond acceptors (Lipinski definition) is 5. The Hall–Kier alpha value is -3.13. The molecular formula is C27H33N3O4S. The van der Waals surface area contributed by atoms with E-state index in [-0.39, 0.29) is 11.8 Å². The van der Waals surface area contributed by atoms with E-state index in [2.05, 4.69) is 28.2 Å². The van der Waals surface area contributed by atoms with Crippen LogP contribution in [0, 0.1) is 0 Å². The molecule has 1 aromatic heterocycles. The third-order valence-corrected chi connectivity index (χ3v) is 7.37. The van der Waals surface area contributed by atoms with Gasteiger partial charge in [-0.1, -0.05) is 31.0 Å². The van der Waals surface area contributed by atoms with Crippen LogP contribution in [-0.2, 0) is 11.3 Å². The van der Waals surface area contributed by atoms with Crippen molar-refractivity contribution in [1.82, 2.24) is 14.8 Å². The molecule has 0 saturated carbocycles. The van der Waals surface area contributed by atoms with Gasteiger partial charge in [0.05, 0.1) is 20.0 Å². The number of hydrogen-bond donors (Lipinski definition) is 1. The lowest BCUT2D eigenvalue weighted by atomic mass is 10.2. The molecule has 2 heterocycles. The summed E-state index contributed by atoms with van der Waals surface area (Å²) in [6.07, 6.45) is 6.73. The van der Waals surface area contributed by atoms with Crippen LogP contribution in [0.25, 0.3) is 10.9 Å². The first-order valence-electron chi connectivity index (χ1n) is 12.1. The van der Waals surface area contributed by atoms with Crippen LogP contribution in [-0.4, -0.2) is 60.9 Å². The standard InChI is InChI=1S/C27H33N3O4S/c1-33-23-12-11-20(17-24(23)34-2)27(32)28-13-16-30-18-25(21-9-5-6-10-22(21)30)35-19-26(31)29-14-7-3-4-8-15-29/h5-6,9-12,17-18H,3-4,7-8,13-16,19H2,1-2H3,(H,28,32). The maximum atomic E-state index is 12.8. The van der Waals surface area contributed by atoms with Gasteiger partial charge in [-0.15, -0.1) is 11.8 Å². The van der Waals surface area contributed by atoms with E-state index in [0.29, 0.717) is 35.9 Å². The van der Waals surface area contributed by atoms with Crippen LogP contribution in [0.15, 0.2) is 53.6 Å². The molecule has 4 rings (SSSR count). The van der Waals surface area contributed by atoms with Crippen LogP contribution < -0.4 is 14.8 Å². The van der Waals surface area contributed by atoms with Crippen LogP contribution in [0.3, 0.4) is 0 Å². The molecule has 0 bridgehead atoms. The number of aromatic nitrogens is 1. The molecule has 186 valence electrons. The molecule has 1 saturated heterocycles. The van der Waals surface area contributed by atoms with Crippen molar-refractivity contribution in [3.63, 3.8) is 0 Å². The molecule has 1 aliphatic heterocycles. The van der Waals surface area contributed by atoms with Gasteiger partial charge in [0.2, 0.25) is 5.91 Å². The Bertz CT molecular complexity index is 1170. The van der Waals surface area contributed by atoms with Gasteiger partial charge in [-0.25, -0.2) is 0 Å². The first-order chi connectivity index (χ1) is 17.1. The second-order valence-corrected chi connectivity index (χ2v) is 9.63. The third kappa shape index (κ3) is 6.11. The maximum Gasteiger partial charge on any atom is 0.251 e. The molecule has 0 unspecified atom stereocenters. The minimum Gasteiger partial charge on any atom is -0.493 e. The Balaban J connectivity index is 1.38. The Morgan fingerprint density at radius 1 is 0.971 bits per heavy atom. The largest absolute Gasteiger partial charge is 0.493 e. The highest BCUT2D eigenvalue weighted by Gasteiger charge is 2.17. The number of para-hydroxylation sites is 1.